The van der Waals surface area contributed by atoms with Gasteiger partial charge >= 0.3 is 0 Å². The molecule has 0 atom stereocenters. The number of nitrogens with zero attached hydrogens (tertiary/aromatic N) is 3. The van der Waals surface area contributed by atoms with E-state index in [2.05, 4.69) is 5.10 Å². The molecule has 39 heavy (non-hydrogen) atoms. The minimum Gasteiger partial charge on any atom is -0.488 e. The minimum absolute atomic E-state index is 0.227. The van der Waals surface area contributed by atoms with Crippen LogP contribution in [-0.4, -0.2) is 15.9 Å². The number of halogens is 3. The summed E-state index contributed by atoms with van der Waals surface area (Å²) < 4.78 is 13.3. The number of rotatable bonds is 6. The molecule has 2 heterocycles. The van der Waals surface area contributed by atoms with Crippen molar-refractivity contribution in [2.45, 2.75) is 6.61 Å². The Morgan fingerprint density at radius 1 is 0.897 bits per heavy atom. The zero-order valence-electron chi connectivity index (χ0n) is 20.1. The third-order valence-corrected chi connectivity index (χ3v) is 6.90. The fraction of sp³-hybridized carbons (Fsp3) is 0.0333. The summed E-state index contributed by atoms with van der Waals surface area (Å²) in [5, 5.41) is 7.40. The van der Waals surface area contributed by atoms with Crippen LogP contribution in [0.5, 0.6) is 5.75 Å². The van der Waals surface area contributed by atoms with E-state index in [0.717, 1.165) is 10.9 Å². The fourth-order valence-corrected chi connectivity index (χ4v) is 4.79. The van der Waals surface area contributed by atoms with Gasteiger partial charge in [0.1, 0.15) is 17.9 Å². The lowest BCUT2D eigenvalue weighted by molar-refractivity contribution is 0.306. The summed E-state index contributed by atoms with van der Waals surface area (Å²) in [5.41, 5.74) is 2.26. The minimum atomic E-state index is -0.336. The second-order valence-electron chi connectivity index (χ2n) is 8.67. The fourth-order valence-electron chi connectivity index (χ4n) is 4.15. The summed E-state index contributed by atoms with van der Waals surface area (Å²) in [7, 11) is 0. The van der Waals surface area contributed by atoms with Gasteiger partial charge in [0.25, 0.3) is 5.56 Å². The van der Waals surface area contributed by atoms with Crippen molar-refractivity contribution >= 4 is 62.9 Å². The quantitative estimate of drug-likeness (QED) is 0.188. The van der Waals surface area contributed by atoms with Crippen LogP contribution in [0.1, 0.15) is 11.1 Å². The number of hydrogen-bond donors (Lipinski definition) is 0. The van der Waals surface area contributed by atoms with Crippen molar-refractivity contribution in [2.75, 3.05) is 0 Å². The smallest absolute Gasteiger partial charge is 0.282 e. The van der Waals surface area contributed by atoms with Gasteiger partial charge in [-0.3, -0.25) is 4.79 Å². The van der Waals surface area contributed by atoms with Crippen LogP contribution < -0.4 is 10.3 Å². The number of furan rings is 1. The van der Waals surface area contributed by atoms with Crippen LogP contribution in [0.15, 0.2) is 105 Å². The van der Waals surface area contributed by atoms with E-state index in [1.807, 2.05) is 36.4 Å². The molecule has 9 heteroatoms. The Hall–Kier alpha value is -4.10. The zero-order valence-corrected chi connectivity index (χ0v) is 22.4. The maximum absolute atomic E-state index is 13.6. The molecule has 0 aliphatic rings. The molecule has 0 saturated carbocycles. The van der Waals surface area contributed by atoms with Crippen molar-refractivity contribution in [3.8, 4) is 17.3 Å². The lowest BCUT2D eigenvalue weighted by Crippen LogP contribution is -2.20. The second-order valence-corrected chi connectivity index (χ2v) is 9.95. The van der Waals surface area contributed by atoms with Crippen LogP contribution in [0.4, 0.5) is 0 Å². The van der Waals surface area contributed by atoms with Crippen molar-refractivity contribution in [3.63, 3.8) is 0 Å². The van der Waals surface area contributed by atoms with Crippen LogP contribution >= 0.6 is 34.8 Å². The highest BCUT2D eigenvalue weighted by Gasteiger charge is 2.17. The molecule has 0 aliphatic carbocycles. The van der Waals surface area contributed by atoms with Gasteiger partial charge in [-0.05, 0) is 60.7 Å². The summed E-state index contributed by atoms with van der Waals surface area (Å²) in [6.07, 6.45) is 1.56. The number of para-hydroxylation sites is 2. The lowest BCUT2D eigenvalue weighted by Gasteiger charge is -2.11. The average Bonchev–Trinajstić information content (AvgIpc) is 3.35. The van der Waals surface area contributed by atoms with Crippen molar-refractivity contribution in [1.82, 2.24) is 9.66 Å². The maximum atomic E-state index is 13.6. The molecule has 0 fully saturated rings. The summed E-state index contributed by atoms with van der Waals surface area (Å²) >= 11 is 18.5. The lowest BCUT2D eigenvalue weighted by atomic mass is 10.2. The Balaban J connectivity index is 1.41. The van der Waals surface area contributed by atoms with Crippen molar-refractivity contribution in [1.29, 1.82) is 0 Å². The first kappa shape index (κ1) is 25.2. The summed E-state index contributed by atoms with van der Waals surface area (Å²) in [4.78, 5) is 18.3. The number of benzene rings is 4. The highest BCUT2D eigenvalue weighted by atomic mass is 35.5. The van der Waals surface area contributed by atoms with Crippen LogP contribution in [0, 0.1) is 0 Å². The van der Waals surface area contributed by atoms with Gasteiger partial charge in [0.05, 0.1) is 17.1 Å². The van der Waals surface area contributed by atoms with Gasteiger partial charge in [-0.2, -0.15) is 9.78 Å². The van der Waals surface area contributed by atoms with E-state index >= 15 is 0 Å². The van der Waals surface area contributed by atoms with E-state index < -0.39 is 0 Å². The monoisotopic (exact) mass is 573 g/mol. The van der Waals surface area contributed by atoms with E-state index in [4.69, 9.17) is 48.9 Å². The molecule has 0 N–H and O–H groups in total. The Morgan fingerprint density at radius 3 is 2.54 bits per heavy atom. The van der Waals surface area contributed by atoms with Gasteiger partial charge in [0.2, 0.25) is 5.82 Å². The van der Waals surface area contributed by atoms with E-state index in [1.54, 1.807) is 60.8 Å². The van der Waals surface area contributed by atoms with Gasteiger partial charge < -0.3 is 9.15 Å². The normalized spacial score (nSPS) is 11.6. The summed E-state index contributed by atoms with van der Waals surface area (Å²) in [6, 6.07) is 26.8. The van der Waals surface area contributed by atoms with E-state index in [-0.39, 0.29) is 18.0 Å². The highest BCUT2D eigenvalue weighted by molar-refractivity contribution is 6.35. The van der Waals surface area contributed by atoms with Crippen molar-refractivity contribution < 1.29 is 9.15 Å². The molecule has 0 amide bonds. The topological polar surface area (TPSA) is 69.6 Å². The van der Waals surface area contributed by atoms with Crippen LogP contribution in [0.3, 0.4) is 0 Å². The molecule has 2 aromatic heterocycles. The average molecular weight is 575 g/mol. The number of fused-ring (bicyclic) bond motifs is 2. The molecule has 0 saturated heterocycles. The second kappa shape index (κ2) is 10.6. The van der Waals surface area contributed by atoms with Crippen LogP contribution in [-0.2, 0) is 6.61 Å². The van der Waals surface area contributed by atoms with Crippen LogP contribution in [0.2, 0.25) is 15.1 Å². The first-order valence-corrected chi connectivity index (χ1v) is 13.0. The third kappa shape index (κ3) is 5.14. The predicted molar refractivity (Wildman–Crippen MR) is 156 cm³/mol. The van der Waals surface area contributed by atoms with E-state index in [0.29, 0.717) is 48.6 Å². The molecule has 0 aliphatic heterocycles. The predicted octanol–water partition coefficient (Wildman–Crippen LogP) is 8.23. The Kier molecular flexibility index (Phi) is 6.83. The molecule has 0 radical (unpaired) electrons. The van der Waals surface area contributed by atoms with E-state index in [9.17, 15) is 4.79 Å². The number of ether oxygens (including phenoxy) is 1. The SMILES string of the molecule is O=c1c2ccccc2nc(-c2cc3cc(Cl)ccc3o2)n1N=Cc1ccccc1OCc1ccc(Cl)cc1Cl. The summed E-state index contributed by atoms with van der Waals surface area (Å²) in [6.45, 7) is 0.227. The molecule has 4 aromatic carbocycles. The Labute approximate surface area is 237 Å². The molecular weight excluding hydrogens is 557 g/mol. The molecule has 6 aromatic rings. The van der Waals surface area contributed by atoms with Gasteiger partial charge in [-0.1, -0.05) is 65.1 Å². The third-order valence-electron chi connectivity index (χ3n) is 6.08. The van der Waals surface area contributed by atoms with Gasteiger partial charge in [0, 0.05) is 31.6 Å². The Bertz CT molecular complexity index is 1950. The molecule has 0 spiro atoms. The van der Waals surface area contributed by atoms with Gasteiger partial charge in [-0.25, -0.2) is 4.98 Å². The molecule has 6 rings (SSSR count). The molecular formula is C30H18Cl3N3O3. The number of hydrogen-bond acceptors (Lipinski definition) is 5. The first-order chi connectivity index (χ1) is 19.0. The Morgan fingerprint density at radius 2 is 1.67 bits per heavy atom. The molecule has 0 unspecified atom stereocenters. The molecule has 6 nitrogen and oxygen atoms in total. The molecule has 0 bridgehead atoms. The van der Waals surface area contributed by atoms with Gasteiger partial charge in [-0.15, -0.1) is 0 Å². The first-order valence-electron chi connectivity index (χ1n) is 11.9. The van der Waals surface area contributed by atoms with E-state index in [1.165, 1.54) is 4.68 Å². The van der Waals surface area contributed by atoms with Crippen molar-refractivity contribution in [2.24, 2.45) is 5.10 Å². The van der Waals surface area contributed by atoms with Crippen LogP contribution in [0.25, 0.3) is 33.5 Å². The van der Waals surface area contributed by atoms with Gasteiger partial charge in [0.15, 0.2) is 5.76 Å². The summed E-state index contributed by atoms with van der Waals surface area (Å²) in [5.74, 6) is 1.21. The standard InChI is InChI=1S/C30H18Cl3N3O3/c31-21-11-12-27-20(13-21)14-28(39-27)29-35-25-7-3-2-6-23(25)30(37)36(29)34-16-18-5-1-4-8-26(18)38-17-19-9-10-22(32)15-24(19)33/h1-16H,17H2. The number of aromatic nitrogens is 2. The zero-order chi connectivity index (χ0) is 26.9. The van der Waals surface area contributed by atoms with Crippen molar-refractivity contribution in [3.05, 3.63) is 128 Å². The largest absolute Gasteiger partial charge is 0.488 e. The molecule has 192 valence electrons. The highest BCUT2D eigenvalue weighted by Crippen LogP contribution is 2.29. The maximum Gasteiger partial charge on any atom is 0.282 e.